The first kappa shape index (κ1) is 18.9. The van der Waals surface area contributed by atoms with E-state index in [4.69, 9.17) is 0 Å². The lowest BCUT2D eigenvalue weighted by Gasteiger charge is -2.32. The number of halogens is 2. The number of carbonyl (C=O) groups excluding carboxylic acids is 1. The molecule has 0 radical (unpaired) electrons. The van der Waals surface area contributed by atoms with Crippen LogP contribution in [0.3, 0.4) is 0 Å². The van der Waals surface area contributed by atoms with Crippen molar-refractivity contribution in [3.8, 4) is 0 Å². The first-order valence-corrected chi connectivity index (χ1v) is 10.3. The first-order valence-electron chi connectivity index (χ1n) is 8.60. The molecule has 4 rings (SSSR count). The molecule has 0 spiro atoms. The van der Waals surface area contributed by atoms with Gasteiger partial charge in [0.15, 0.2) is 0 Å². The second-order valence-corrected chi connectivity index (χ2v) is 8.48. The molecule has 1 amide bonds. The Morgan fingerprint density at radius 3 is 2.68 bits per heavy atom. The molecule has 9 heteroatoms. The van der Waals surface area contributed by atoms with Gasteiger partial charge >= 0.3 is 0 Å². The summed E-state index contributed by atoms with van der Waals surface area (Å²) in [4.78, 5) is 13.1. The van der Waals surface area contributed by atoms with E-state index in [9.17, 15) is 9.18 Å². The van der Waals surface area contributed by atoms with Crippen molar-refractivity contribution in [3.05, 3.63) is 69.7 Å². The van der Waals surface area contributed by atoms with Crippen molar-refractivity contribution in [1.29, 1.82) is 0 Å². The van der Waals surface area contributed by atoms with Crippen LogP contribution >= 0.6 is 27.7 Å². The Balaban J connectivity index is 1.65. The van der Waals surface area contributed by atoms with Gasteiger partial charge in [-0.15, -0.1) is 10.2 Å². The van der Waals surface area contributed by atoms with Crippen LogP contribution < -0.4 is 10.7 Å². The standard InChI is InChI=1S/C19H17BrFN5OS/c1-10-9-14(7-8-15(10)20)22-18(27)17-16(12-3-5-13(21)6-4-12)25-26-11(2)23-24-19(26)28-17/h3-9,16-17,25H,1-2H3,(H,22,27)/t16-,17+/m0/s1. The van der Waals surface area contributed by atoms with E-state index in [1.165, 1.54) is 23.9 Å². The van der Waals surface area contributed by atoms with Crippen molar-refractivity contribution in [2.24, 2.45) is 0 Å². The molecule has 1 aromatic heterocycles. The summed E-state index contributed by atoms with van der Waals surface area (Å²) < 4.78 is 16.1. The number of amides is 1. The van der Waals surface area contributed by atoms with E-state index in [0.717, 1.165) is 15.6 Å². The number of hydrogen-bond donors (Lipinski definition) is 2. The van der Waals surface area contributed by atoms with Crippen LogP contribution in [0.15, 0.2) is 52.1 Å². The molecule has 0 bridgehead atoms. The number of thioether (sulfide) groups is 1. The number of benzene rings is 2. The highest BCUT2D eigenvalue weighted by Crippen LogP contribution is 2.37. The van der Waals surface area contributed by atoms with Gasteiger partial charge in [-0.05, 0) is 55.3 Å². The molecule has 0 aliphatic carbocycles. The highest BCUT2D eigenvalue weighted by molar-refractivity contribution is 9.10. The molecule has 0 fully saturated rings. The van der Waals surface area contributed by atoms with Crippen LogP contribution in [0.2, 0.25) is 0 Å². The first-order chi connectivity index (χ1) is 13.4. The van der Waals surface area contributed by atoms with Crippen LogP contribution in [0, 0.1) is 19.7 Å². The molecule has 144 valence electrons. The largest absolute Gasteiger partial charge is 0.325 e. The topological polar surface area (TPSA) is 71.8 Å². The number of carbonyl (C=O) groups is 1. The molecule has 2 atom stereocenters. The van der Waals surface area contributed by atoms with Crippen LogP contribution in [0.25, 0.3) is 0 Å². The number of hydrogen-bond acceptors (Lipinski definition) is 5. The Morgan fingerprint density at radius 1 is 1.21 bits per heavy atom. The maximum atomic E-state index is 13.4. The van der Waals surface area contributed by atoms with Crippen molar-refractivity contribution in [2.75, 3.05) is 10.7 Å². The summed E-state index contributed by atoms with van der Waals surface area (Å²) in [7, 11) is 0. The van der Waals surface area contributed by atoms with Crippen LogP contribution in [0.4, 0.5) is 10.1 Å². The van der Waals surface area contributed by atoms with E-state index in [0.29, 0.717) is 16.7 Å². The van der Waals surface area contributed by atoms with Crippen molar-refractivity contribution in [1.82, 2.24) is 14.9 Å². The quantitative estimate of drug-likeness (QED) is 0.611. The van der Waals surface area contributed by atoms with E-state index in [1.54, 1.807) is 16.8 Å². The zero-order valence-electron chi connectivity index (χ0n) is 15.1. The molecule has 0 saturated heterocycles. The average molecular weight is 462 g/mol. The number of aromatic nitrogens is 3. The Bertz CT molecular complexity index is 1040. The predicted molar refractivity (Wildman–Crippen MR) is 110 cm³/mol. The van der Waals surface area contributed by atoms with Gasteiger partial charge in [0.05, 0.1) is 6.04 Å². The Hall–Kier alpha value is -2.39. The van der Waals surface area contributed by atoms with E-state index < -0.39 is 5.25 Å². The molecular formula is C19H17BrFN5OS. The summed E-state index contributed by atoms with van der Waals surface area (Å²) in [5.41, 5.74) is 5.84. The molecule has 1 aliphatic rings. The van der Waals surface area contributed by atoms with Crippen LogP contribution in [0.1, 0.15) is 23.0 Å². The van der Waals surface area contributed by atoms with Crippen molar-refractivity contribution >= 4 is 39.3 Å². The van der Waals surface area contributed by atoms with Crippen LogP contribution in [-0.2, 0) is 4.79 Å². The SMILES string of the molecule is Cc1cc(NC(=O)[C@@H]2Sc3nnc(C)n3N[C@H]2c2ccc(F)cc2)ccc1Br. The molecule has 28 heavy (non-hydrogen) atoms. The smallest absolute Gasteiger partial charge is 0.240 e. The molecular weight excluding hydrogens is 445 g/mol. The van der Waals surface area contributed by atoms with Gasteiger partial charge in [0.2, 0.25) is 11.1 Å². The highest BCUT2D eigenvalue weighted by atomic mass is 79.9. The van der Waals surface area contributed by atoms with Gasteiger partial charge in [0, 0.05) is 10.2 Å². The maximum Gasteiger partial charge on any atom is 0.240 e. The number of anilines is 1. The lowest BCUT2D eigenvalue weighted by Crippen LogP contribution is -2.41. The number of rotatable bonds is 3. The fourth-order valence-corrected chi connectivity index (χ4v) is 4.39. The molecule has 2 N–H and O–H groups in total. The number of aryl methyl sites for hydroxylation is 2. The van der Waals surface area contributed by atoms with E-state index in [2.05, 4.69) is 36.9 Å². The minimum Gasteiger partial charge on any atom is -0.325 e. The second-order valence-electron chi connectivity index (χ2n) is 6.52. The summed E-state index contributed by atoms with van der Waals surface area (Å²) in [6, 6.07) is 11.4. The van der Waals surface area contributed by atoms with Gasteiger partial charge in [-0.3, -0.25) is 4.79 Å². The Kier molecular flexibility index (Phi) is 5.11. The maximum absolute atomic E-state index is 13.4. The molecule has 2 heterocycles. The minimum absolute atomic E-state index is 0.166. The normalized spacial score (nSPS) is 18.3. The molecule has 1 aliphatic heterocycles. The number of nitrogens with zero attached hydrogens (tertiary/aromatic N) is 3. The Morgan fingerprint density at radius 2 is 1.96 bits per heavy atom. The van der Waals surface area contributed by atoms with E-state index in [-0.39, 0.29) is 17.8 Å². The molecule has 0 saturated carbocycles. The van der Waals surface area contributed by atoms with Crippen molar-refractivity contribution < 1.29 is 9.18 Å². The van der Waals surface area contributed by atoms with Crippen LogP contribution in [0.5, 0.6) is 0 Å². The average Bonchev–Trinajstić information content (AvgIpc) is 3.04. The summed E-state index contributed by atoms with van der Waals surface area (Å²) in [6.45, 7) is 3.79. The van der Waals surface area contributed by atoms with Gasteiger partial charge in [-0.25, -0.2) is 9.07 Å². The second kappa shape index (κ2) is 7.56. The van der Waals surface area contributed by atoms with Gasteiger partial charge in [0.1, 0.15) is 16.9 Å². The number of nitrogens with one attached hydrogen (secondary N) is 2. The summed E-state index contributed by atoms with van der Waals surface area (Å²) in [5.74, 6) is 0.206. The minimum atomic E-state index is -0.509. The third-order valence-corrected chi connectivity index (χ3v) is 6.62. The zero-order chi connectivity index (χ0) is 19.8. The third-order valence-electron chi connectivity index (χ3n) is 4.51. The number of fused-ring (bicyclic) bond motifs is 1. The van der Waals surface area contributed by atoms with E-state index in [1.807, 2.05) is 32.0 Å². The lowest BCUT2D eigenvalue weighted by atomic mass is 10.0. The highest BCUT2D eigenvalue weighted by Gasteiger charge is 2.37. The zero-order valence-corrected chi connectivity index (χ0v) is 17.5. The Labute approximate surface area is 174 Å². The van der Waals surface area contributed by atoms with Crippen molar-refractivity contribution in [2.45, 2.75) is 30.3 Å². The monoisotopic (exact) mass is 461 g/mol. The fraction of sp³-hybridized carbons (Fsp3) is 0.211. The molecule has 6 nitrogen and oxygen atoms in total. The fourth-order valence-electron chi connectivity index (χ4n) is 3.02. The van der Waals surface area contributed by atoms with Gasteiger partial charge in [0.25, 0.3) is 0 Å². The molecule has 0 unspecified atom stereocenters. The predicted octanol–water partition coefficient (Wildman–Crippen LogP) is 4.19. The molecule has 2 aromatic carbocycles. The summed E-state index contributed by atoms with van der Waals surface area (Å²) in [6.07, 6.45) is 0. The van der Waals surface area contributed by atoms with Gasteiger partial charge in [-0.2, -0.15) is 0 Å². The lowest BCUT2D eigenvalue weighted by molar-refractivity contribution is -0.116. The van der Waals surface area contributed by atoms with Gasteiger partial charge in [-0.1, -0.05) is 39.8 Å². The third kappa shape index (κ3) is 3.64. The van der Waals surface area contributed by atoms with E-state index >= 15 is 0 Å². The summed E-state index contributed by atoms with van der Waals surface area (Å²) >= 11 is 4.79. The summed E-state index contributed by atoms with van der Waals surface area (Å²) in [5, 5.41) is 11.3. The van der Waals surface area contributed by atoms with Crippen molar-refractivity contribution in [3.63, 3.8) is 0 Å². The van der Waals surface area contributed by atoms with Crippen LogP contribution in [-0.4, -0.2) is 26.0 Å². The molecule has 3 aromatic rings. The van der Waals surface area contributed by atoms with Gasteiger partial charge < -0.3 is 10.7 Å².